The van der Waals surface area contributed by atoms with Gasteiger partial charge in [0.05, 0.1) is 6.04 Å². The molecule has 2 heterocycles. The highest BCUT2D eigenvalue weighted by molar-refractivity contribution is 5.94. The summed E-state index contributed by atoms with van der Waals surface area (Å²) in [6.07, 6.45) is 1.94. The third kappa shape index (κ3) is 4.43. The van der Waals surface area contributed by atoms with Gasteiger partial charge in [-0.3, -0.25) is 14.5 Å². The van der Waals surface area contributed by atoms with Crippen molar-refractivity contribution >= 4 is 11.8 Å². The van der Waals surface area contributed by atoms with Crippen molar-refractivity contribution in [2.24, 2.45) is 0 Å². The van der Waals surface area contributed by atoms with Crippen molar-refractivity contribution < 1.29 is 14.7 Å². The number of piperazine rings is 1. The average Bonchev–Trinajstić information content (AvgIpc) is 3.21. The molecule has 6 nitrogen and oxygen atoms in total. The van der Waals surface area contributed by atoms with Crippen LogP contribution in [-0.4, -0.2) is 70.4 Å². The van der Waals surface area contributed by atoms with E-state index >= 15 is 0 Å². The van der Waals surface area contributed by atoms with Crippen LogP contribution in [-0.2, 0) is 11.3 Å². The topological polar surface area (TPSA) is 64.1 Å². The predicted octanol–water partition coefficient (Wildman–Crippen LogP) is 2.34. The number of benzene rings is 2. The van der Waals surface area contributed by atoms with Crippen molar-refractivity contribution in [3.63, 3.8) is 0 Å². The average molecular weight is 393 g/mol. The Bertz CT molecular complexity index is 863. The van der Waals surface area contributed by atoms with Gasteiger partial charge >= 0.3 is 0 Å². The van der Waals surface area contributed by atoms with Crippen molar-refractivity contribution in [2.45, 2.75) is 25.4 Å². The SMILES string of the molecule is O=C(c1cccc(O)c1)N1CCN(C(=O)C2CCCN2Cc2ccccc2)CC1. The summed E-state index contributed by atoms with van der Waals surface area (Å²) in [5.41, 5.74) is 1.71. The molecule has 2 amide bonds. The number of carbonyl (C=O) groups excluding carboxylic acids is 2. The van der Waals surface area contributed by atoms with Crippen LogP contribution >= 0.6 is 0 Å². The lowest BCUT2D eigenvalue weighted by Crippen LogP contribution is -2.54. The Morgan fingerprint density at radius 2 is 1.62 bits per heavy atom. The Labute approximate surface area is 171 Å². The second kappa shape index (κ2) is 8.66. The van der Waals surface area contributed by atoms with Crippen LogP contribution in [0, 0.1) is 0 Å². The summed E-state index contributed by atoms with van der Waals surface area (Å²) in [5.74, 6) is 0.173. The van der Waals surface area contributed by atoms with Gasteiger partial charge in [0, 0.05) is 38.3 Å². The molecule has 0 spiro atoms. The first-order chi connectivity index (χ1) is 14.1. The van der Waals surface area contributed by atoms with Crippen molar-refractivity contribution in [3.05, 3.63) is 65.7 Å². The number of phenolic OH excluding ortho intramolecular Hbond substituents is 1. The molecule has 2 aliphatic heterocycles. The van der Waals surface area contributed by atoms with Gasteiger partial charge in [0.25, 0.3) is 5.91 Å². The normalized spacial score (nSPS) is 20.1. The minimum Gasteiger partial charge on any atom is -0.508 e. The molecule has 0 aliphatic carbocycles. The Hall–Kier alpha value is -2.86. The number of rotatable bonds is 4. The first kappa shape index (κ1) is 19.5. The van der Waals surface area contributed by atoms with E-state index in [1.54, 1.807) is 23.1 Å². The highest BCUT2D eigenvalue weighted by Gasteiger charge is 2.35. The van der Waals surface area contributed by atoms with Crippen LogP contribution in [0.5, 0.6) is 5.75 Å². The van der Waals surface area contributed by atoms with Crippen LogP contribution in [0.25, 0.3) is 0 Å². The minimum atomic E-state index is -0.0976. The van der Waals surface area contributed by atoms with Gasteiger partial charge in [-0.2, -0.15) is 0 Å². The van der Waals surface area contributed by atoms with Crippen LogP contribution in [0.4, 0.5) is 0 Å². The Morgan fingerprint density at radius 1 is 0.897 bits per heavy atom. The van der Waals surface area contributed by atoms with E-state index in [1.165, 1.54) is 11.6 Å². The summed E-state index contributed by atoms with van der Waals surface area (Å²) >= 11 is 0. The van der Waals surface area contributed by atoms with E-state index in [2.05, 4.69) is 17.0 Å². The van der Waals surface area contributed by atoms with E-state index in [0.717, 1.165) is 25.9 Å². The fraction of sp³-hybridized carbons (Fsp3) is 0.391. The van der Waals surface area contributed by atoms with Crippen molar-refractivity contribution in [1.29, 1.82) is 0 Å². The van der Waals surface area contributed by atoms with Crippen molar-refractivity contribution in [1.82, 2.24) is 14.7 Å². The fourth-order valence-corrected chi connectivity index (χ4v) is 4.28. The zero-order valence-electron chi connectivity index (χ0n) is 16.5. The van der Waals surface area contributed by atoms with E-state index < -0.39 is 0 Å². The number of amides is 2. The molecule has 1 unspecified atom stereocenters. The van der Waals surface area contributed by atoms with Crippen LogP contribution in [0.2, 0.25) is 0 Å². The Kier molecular flexibility index (Phi) is 5.81. The maximum atomic E-state index is 13.1. The first-order valence-corrected chi connectivity index (χ1v) is 10.3. The highest BCUT2D eigenvalue weighted by Crippen LogP contribution is 2.23. The lowest BCUT2D eigenvalue weighted by atomic mass is 10.1. The van der Waals surface area contributed by atoms with E-state index in [4.69, 9.17) is 0 Å². The van der Waals surface area contributed by atoms with Crippen LogP contribution in [0.3, 0.4) is 0 Å². The minimum absolute atomic E-state index is 0.0662. The van der Waals surface area contributed by atoms with Gasteiger partial charge in [-0.1, -0.05) is 36.4 Å². The maximum Gasteiger partial charge on any atom is 0.254 e. The van der Waals surface area contributed by atoms with Gasteiger partial charge in [0.15, 0.2) is 0 Å². The molecule has 1 atom stereocenters. The molecule has 2 aromatic carbocycles. The summed E-state index contributed by atoms with van der Waals surface area (Å²) < 4.78 is 0. The van der Waals surface area contributed by atoms with E-state index in [9.17, 15) is 14.7 Å². The summed E-state index contributed by atoms with van der Waals surface area (Å²) in [6.45, 7) is 3.89. The molecular weight excluding hydrogens is 366 g/mol. The summed E-state index contributed by atoms with van der Waals surface area (Å²) in [4.78, 5) is 31.7. The second-order valence-electron chi connectivity index (χ2n) is 7.78. The first-order valence-electron chi connectivity index (χ1n) is 10.3. The highest BCUT2D eigenvalue weighted by atomic mass is 16.3. The standard InChI is InChI=1S/C23H27N3O3/c27-20-9-4-8-19(16-20)22(28)24-12-14-25(15-13-24)23(29)21-10-5-11-26(21)17-18-6-2-1-3-7-18/h1-4,6-9,16,21,27H,5,10-15,17H2. The number of phenols is 1. The quantitative estimate of drug-likeness (QED) is 0.866. The van der Waals surface area contributed by atoms with Crippen molar-refractivity contribution in [2.75, 3.05) is 32.7 Å². The molecule has 2 aromatic rings. The molecule has 29 heavy (non-hydrogen) atoms. The summed E-state index contributed by atoms with van der Waals surface area (Å²) in [6, 6.07) is 16.6. The lowest BCUT2D eigenvalue weighted by molar-refractivity contribution is -0.137. The molecule has 0 radical (unpaired) electrons. The van der Waals surface area contributed by atoms with Gasteiger partial charge in [0.1, 0.15) is 5.75 Å². The van der Waals surface area contributed by atoms with Crippen LogP contribution < -0.4 is 0 Å². The zero-order valence-corrected chi connectivity index (χ0v) is 16.5. The second-order valence-corrected chi connectivity index (χ2v) is 7.78. The van der Waals surface area contributed by atoms with Crippen molar-refractivity contribution in [3.8, 4) is 5.75 Å². The molecule has 0 saturated carbocycles. The zero-order chi connectivity index (χ0) is 20.2. The number of hydrogen-bond acceptors (Lipinski definition) is 4. The number of carbonyl (C=O) groups is 2. The molecule has 152 valence electrons. The maximum absolute atomic E-state index is 13.1. The number of nitrogens with zero attached hydrogens (tertiary/aromatic N) is 3. The van der Waals surface area contributed by atoms with E-state index in [1.807, 2.05) is 23.1 Å². The molecular formula is C23H27N3O3. The predicted molar refractivity (Wildman–Crippen MR) is 110 cm³/mol. The van der Waals surface area contributed by atoms with Crippen LogP contribution in [0.15, 0.2) is 54.6 Å². The number of aromatic hydroxyl groups is 1. The van der Waals surface area contributed by atoms with Gasteiger partial charge in [0.2, 0.25) is 5.91 Å². The number of likely N-dealkylation sites (tertiary alicyclic amines) is 1. The van der Waals surface area contributed by atoms with E-state index in [-0.39, 0.29) is 23.6 Å². The molecule has 1 N–H and O–H groups in total. The smallest absolute Gasteiger partial charge is 0.254 e. The van der Waals surface area contributed by atoms with Crippen LogP contribution in [0.1, 0.15) is 28.8 Å². The summed E-state index contributed by atoms with van der Waals surface area (Å²) in [5, 5.41) is 9.60. The lowest BCUT2D eigenvalue weighted by Gasteiger charge is -2.37. The van der Waals surface area contributed by atoms with Gasteiger partial charge in [-0.15, -0.1) is 0 Å². The molecule has 0 bridgehead atoms. The molecule has 4 rings (SSSR count). The number of hydrogen-bond donors (Lipinski definition) is 1. The molecule has 2 saturated heterocycles. The van der Waals surface area contributed by atoms with Gasteiger partial charge in [-0.05, 0) is 43.1 Å². The molecule has 0 aromatic heterocycles. The third-order valence-electron chi connectivity index (χ3n) is 5.85. The fourth-order valence-electron chi connectivity index (χ4n) is 4.28. The van der Waals surface area contributed by atoms with Gasteiger partial charge in [-0.25, -0.2) is 0 Å². The molecule has 2 fully saturated rings. The summed E-state index contributed by atoms with van der Waals surface area (Å²) in [7, 11) is 0. The molecule has 6 heteroatoms. The Balaban J connectivity index is 1.34. The largest absolute Gasteiger partial charge is 0.508 e. The van der Waals surface area contributed by atoms with E-state index in [0.29, 0.717) is 31.7 Å². The monoisotopic (exact) mass is 393 g/mol. The third-order valence-corrected chi connectivity index (χ3v) is 5.85. The molecule has 2 aliphatic rings. The van der Waals surface area contributed by atoms with Gasteiger partial charge < -0.3 is 14.9 Å². The Morgan fingerprint density at radius 3 is 2.34 bits per heavy atom.